The standard InChI is InChI=1S/C15H10ClNO3/c16-12-13(17-8-9-4-3-7-20-9)15(19)11-6-2-1-5-10(11)14(12)18/h1-7,12H,8H2. The number of ketones is 2. The van der Waals surface area contributed by atoms with Crippen molar-refractivity contribution in [3.05, 3.63) is 59.5 Å². The number of carbonyl (C=O) groups is 2. The van der Waals surface area contributed by atoms with Crippen LogP contribution < -0.4 is 0 Å². The maximum absolute atomic E-state index is 12.3. The second-order valence-electron chi connectivity index (χ2n) is 4.38. The van der Waals surface area contributed by atoms with E-state index in [2.05, 4.69) is 4.99 Å². The molecule has 1 atom stereocenters. The molecular formula is C15H10ClNO3. The largest absolute Gasteiger partial charge is 0.467 e. The number of hydrogen-bond donors (Lipinski definition) is 0. The van der Waals surface area contributed by atoms with Crippen LogP contribution in [0.5, 0.6) is 0 Å². The number of nitrogens with zero attached hydrogens (tertiary/aromatic N) is 1. The zero-order valence-corrected chi connectivity index (χ0v) is 11.1. The Kier molecular flexibility index (Phi) is 3.24. The summed E-state index contributed by atoms with van der Waals surface area (Å²) in [5, 5.41) is -1.03. The predicted octanol–water partition coefficient (Wildman–Crippen LogP) is 2.91. The summed E-state index contributed by atoms with van der Waals surface area (Å²) in [6.45, 7) is 0.187. The molecular weight excluding hydrogens is 278 g/mol. The summed E-state index contributed by atoms with van der Waals surface area (Å²) < 4.78 is 5.14. The van der Waals surface area contributed by atoms with Crippen molar-refractivity contribution in [1.29, 1.82) is 0 Å². The number of benzene rings is 1. The van der Waals surface area contributed by atoms with E-state index < -0.39 is 5.38 Å². The lowest BCUT2D eigenvalue weighted by Crippen LogP contribution is -2.38. The smallest absolute Gasteiger partial charge is 0.209 e. The highest BCUT2D eigenvalue weighted by Gasteiger charge is 2.36. The maximum atomic E-state index is 12.3. The van der Waals surface area contributed by atoms with Gasteiger partial charge in [0.25, 0.3) is 0 Å². The molecule has 3 rings (SSSR count). The van der Waals surface area contributed by atoms with Crippen LogP contribution in [0.25, 0.3) is 0 Å². The van der Waals surface area contributed by atoms with Crippen molar-refractivity contribution in [3.63, 3.8) is 0 Å². The van der Waals surface area contributed by atoms with Crippen LogP contribution in [0.1, 0.15) is 26.5 Å². The van der Waals surface area contributed by atoms with Gasteiger partial charge >= 0.3 is 0 Å². The maximum Gasteiger partial charge on any atom is 0.209 e. The lowest BCUT2D eigenvalue weighted by molar-refractivity contribution is 0.0967. The number of furan rings is 1. The van der Waals surface area contributed by atoms with Gasteiger partial charge in [-0.05, 0) is 12.1 Å². The first-order valence-corrected chi connectivity index (χ1v) is 6.51. The minimum absolute atomic E-state index is 0.0757. The Bertz CT molecular complexity index is 704. The molecule has 0 fully saturated rings. The number of carbonyl (C=O) groups excluding carboxylic acids is 2. The van der Waals surface area contributed by atoms with E-state index in [1.54, 1.807) is 36.4 Å². The van der Waals surface area contributed by atoms with Gasteiger partial charge in [-0.3, -0.25) is 14.6 Å². The number of halogens is 1. The summed E-state index contributed by atoms with van der Waals surface area (Å²) in [4.78, 5) is 28.6. The lowest BCUT2D eigenvalue weighted by Gasteiger charge is -2.19. The summed E-state index contributed by atoms with van der Waals surface area (Å²) in [6.07, 6.45) is 1.52. The van der Waals surface area contributed by atoms with Gasteiger partial charge in [0.05, 0.1) is 12.8 Å². The molecule has 20 heavy (non-hydrogen) atoms. The van der Waals surface area contributed by atoms with Crippen molar-refractivity contribution in [3.8, 4) is 0 Å². The minimum atomic E-state index is -1.03. The number of rotatable bonds is 2. The molecule has 1 aliphatic rings. The molecule has 0 saturated carbocycles. The van der Waals surface area contributed by atoms with Gasteiger partial charge in [-0.2, -0.15) is 0 Å². The molecule has 0 amide bonds. The molecule has 100 valence electrons. The van der Waals surface area contributed by atoms with Crippen molar-refractivity contribution in [2.75, 3.05) is 0 Å². The molecule has 5 heteroatoms. The van der Waals surface area contributed by atoms with E-state index in [9.17, 15) is 9.59 Å². The van der Waals surface area contributed by atoms with Gasteiger partial charge in [0.2, 0.25) is 5.78 Å². The van der Waals surface area contributed by atoms with Crippen molar-refractivity contribution < 1.29 is 14.0 Å². The molecule has 1 aromatic carbocycles. The average molecular weight is 288 g/mol. The molecule has 1 heterocycles. The third-order valence-electron chi connectivity index (χ3n) is 3.13. The monoisotopic (exact) mass is 287 g/mol. The van der Waals surface area contributed by atoms with Gasteiger partial charge in [0.1, 0.15) is 16.8 Å². The number of hydrogen-bond acceptors (Lipinski definition) is 4. The topological polar surface area (TPSA) is 59.6 Å². The molecule has 0 N–H and O–H groups in total. The fourth-order valence-corrected chi connectivity index (χ4v) is 2.41. The Morgan fingerprint density at radius 2 is 1.85 bits per heavy atom. The zero-order chi connectivity index (χ0) is 14.1. The molecule has 1 aliphatic carbocycles. The van der Waals surface area contributed by atoms with Gasteiger partial charge in [-0.25, -0.2) is 0 Å². The fourth-order valence-electron chi connectivity index (χ4n) is 2.13. The van der Waals surface area contributed by atoms with Crippen LogP contribution in [0.4, 0.5) is 0 Å². The van der Waals surface area contributed by atoms with Crippen molar-refractivity contribution >= 4 is 28.9 Å². The molecule has 4 nitrogen and oxygen atoms in total. The molecule has 0 aliphatic heterocycles. The summed E-state index contributed by atoms with van der Waals surface area (Å²) in [6, 6.07) is 10.1. The molecule has 2 aromatic rings. The number of Topliss-reactive ketones (excluding diaryl/α,β-unsaturated/α-hetero) is 2. The summed E-state index contributed by atoms with van der Waals surface area (Å²) in [5.74, 6) is 0.0206. The van der Waals surface area contributed by atoms with Gasteiger partial charge in [-0.15, -0.1) is 11.6 Å². The van der Waals surface area contributed by atoms with Crippen LogP contribution in [0.2, 0.25) is 0 Å². The first kappa shape index (κ1) is 12.8. The second kappa shape index (κ2) is 5.06. The van der Waals surface area contributed by atoms with E-state index in [0.29, 0.717) is 16.9 Å². The SMILES string of the molecule is O=C1C(=NCc2ccco2)C(Cl)C(=O)c2ccccc21. The Labute approximate surface area is 120 Å². The van der Waals surface area contributed by atoms with Gasteiger partial charge in [-0.1, -0.05) is 24.3 Å². The molecule has 0 spiro atoms. The highest BCUT2D eigenvalue weighted by Crippen LogP contribution is 2.23. The lowest BCUT2D eigenvalue weighted by atomic mass is 9.88. The highest BCUT2D eigenvalue weighted by molar-refractivity contribution is 6.64. The highest BCUT2D eigenvalue weighted by atomic mass is 35.5. The molecule has 0 bridgehead atoms. The first-order valence-electron chi connectivity index (χ1n) is 6.07. The van der Waals surface area contributed by atoms with Crippen LogP contribution in [0.15, 0.2) is 52.1 Å². The van der Waals surface area contributed by atoms with Crippen LogP contribution in [0, 0.1) is 0 Å². The Morgan fingerprint density at radius 1 is 1.10 bits per heavy atom. The summed E-state index contributed by atoms with van der Waals surface area (Å²) in [5.41, 5.74) is 0.786. The van der Waals surface area contributed by atoms with E-state index in [4.69, 9.17) is 16.0 Å². The van der Waals surface area contributed by atoms with Crippen LogP contribution in [-0.2, 0) is 6.54 Å². The Balaban J connectivity index is 1.99. The predicted molar refractivity (Wildman–Crippen MR) is 74.6 cm³/mol. The van der Waals surface area contributed by atoms with E-state index in [-0.39, 0.29) is 23.8 Å². The van der Waals surface area contributed by atoms with Crippen LogP contribution >= 0.6 is 11.6 Å². The quantitative estimate of drug-likeness (QED) is 0.798. The van der Waals surface area contributed by atoms with Crippen molar-refractivity contribution in [1.82, 2.24) is 0 Å². The average Bonchev–Trinajstić information content (AvgIpc) is 2.98. The van der Waals surface area contributed by atoms with Crippen molar-refractivity contribution in [2.45, 2.75) is 11.9 Å². The van der Waals surface area contributed by atoms with E-state index in [0.717, 1.165) is 0 Å². The normalized spacial score (nSPS) is 20.2. The Morgan fingerprint density at radius 3 is 2.55 bits per heavy atom. The number of aliphatic imine (C=N–C) groups is 1. The van der Waals surface area contributed by atoms with E-state index in [1.807, 2.05) is 0 Å². The van der Waals surface area contributed by atoms with Crippen LogP contribution in [-0.4, -0.2) is 22.7 Å². The Hall–Kier alpha value is -2.20. The molecule has 1 aromatic heterocycles. The van der Waals surface area contributed by atoms with Gasteiger partial charge in [0, 0.05) is 11.1 Å². The number of alkyl halides is 1. The number of fused-ring (bicyclic) bond motifs is 1. The zero-order valence-electron chi connectivity index (χ0n) is 10.4. The first-order chi connectivity index (χ1) is 9.68. The third kappa shape index (κ3) is 2.08. The van der Waals surface area contributed by atoms with Gasteiger partial charge in [0.15, 0.2) is 5.78 Å². The molecule has 1 unspecified atom stereocenters. The van der Waals surface area contributed by atoms with Crippen LogP contribution in [0.3, 0.4) is 0 Å². The van der Waals surface area contributed by atoms with E-state index >= 15 is 0 Å². The summed E-state index contributed by atoms with van der Waals surface area (Å²) >= 11 is 6.06. The molecule has 0 radical (unpaired) electrons. The van der Waals surface area contributed by atoms with E-state index in [1.165, 1.54) is 6.26 Å². The van der Waals surface area contributed by atoms with Gasteiger partial charge < -0.3 is 4.42 Å². The fraction of sp³-hybridized carbons (Fsp3) is 0.133. The van der Waals surface area contributed by atoms with Crippen molar-refractivity contribution in [2.24, 2.45) is 4.99 Å². The molecule has 0 saturated heterocycles. The summed E-state index contributed by atoms with van der Waals surface area (Å²) in [7, 11) is 0. The third-order valence-corrected chi connectivity index (χ3v) is 3.53. The second-order valence-corrected chi connectivity index (χ2v) is 4.82. The minimum Gasteiger partial charge on any atom is -0.467 e.